The summed E-state index contributed by atoms with van der Waals surface area (Å²) in [5, 5.41) is 0. The molecular formula is C25H41FO2. The van der Waals surface area contributed by atoms with Crippen molar-refractivity contribution in [2.45, 2.75) is 110 Å². The number of benzene rings is 1. The minimum absolute atomic E-state index is 0.0597. The maximum atomic E-state index is 12.7. The quantitative estimate of drug-likeness (QED) is 0.174. The minimum atomic E-state index is -1.41. The third kappa shape index (κ3) is 13.7. The van der Waals surface area contributed by atoms with Gasteiger partial charge in [-0.15, -0.1) is 0 Å². The molecule has 0 aliphatic carbocycles. The highest BCUT2D eigenvalue weighted by atomic mass is 19.1. The van der Waals surface area contributed by atoms with E-state index in [2.05, 4.69) is 6.92 Å². The van der Waals surface area contributed by atoms with E-state index in [9.17, 15) is 9.18 Å². The van der Waals surface area contributed by atoms with Gasteiger partial charge in [-0.2, -0.15) is 4.39 Å². The molecule has 0 amide bonds. The van der Waals surface area contributed by atoms with E-state index in [0.29, 0.717) is 12.4 Å². The number of carbonyl (C=O) groups excluding carboxylic acids is 1. The average Bonchev–Trinajstić information content (AvgIpc) is 2.70. The Morgan fingerprint density at radius 3 is 1.68 bits per heavy atom. The Morgan fingerprint density at radius 1 is 0.750 bits per heavy atom. The van der Waals surface area contributed by atoms with E-state index >= 15 is 0 Å². The molecule has 1 rings (SSSR count). The summed E-state index contributed by atoms with van der Waals surface area (Å²) in [6.45, 7) is 2.90. The predicted octanol–water partition coefficient (Wildman–Crippen LogP) is 8.44. The van der Waals surface area contributed by atoms with Crippen LogP contribution in [0.3, 0.4) is 0 Å². The molecule has 0 fully saturated rings. The Kier molecular flexibility index (Phi) is 15.6. The summed E-state index contributed by atoms with van der Waals surface area (Å²) < 4.78 is 18.3. The fourth-order valence-corrected chi connectivity index (χ4v) is 3.55. The first-order chi connectivity index (χ1) is 13.7. The molecular weight excluding hydrogens is 351 g/mol. The molecule has 1 aromatic rings. The number of halogens is 1. The lowest BCUT2D eigenvalue weighted by Gasteiger charge is -2.07. The van der Waals surface area contributed by atoms with Crippen LogP contribution in [0.15, 0.2) is 24.3 Å². The van der Waals surface area contributed by atoms with Gasteiger partial charge in [0.15, 0.2) is 0 Å². The van der Waals surface area contributed by atoms with Crippen molar-refractivity contribution in [3.05, 3.63) is 29.8 Å². The zero-order valence-electron chi connectivity index (χ0n) is 18.0. The van der Waals surface area contributed by atoms with Gasteiger partial charge in [-0.05, 0) is 24.6 Å². The van der Waals surface area contributed by atoms with E-state index in [1.807, 2.05) is 0 Å². The van der Waals surface area contributed by atoms with Gasteiger partial charge in [0.2, 0.25) is 0 Å². The van der Waals surface area contributed by atoms with Crippen LogP contribution in [-0.4, -0.2) is 12.6 Å². The monoisotopic (exact) mass is 392 g/mol. The number of unbranched alkanes of at least 4 members (excludes halogenated alkanes) is 15. The third-order valence-corrected chi connectivity index (χ3v) is 5.33. The Bertz CT molecular complexity index is 501. The van der Waals surface area contributed by atoms with E-state index in [1.54, 1.807) is 12.1 Å². The van der Waals surface area contributed by atoms with Gasteiger partial charge in [-0.25, -0.2) is 0 Å². The molecule has 0 atom stereocenters. The first-order valence-electron chi connectivity index (χ1n) is 11.7. The number of hydrogen-bond acceptors (Lipinski definition) is 2. The summed E-state index contributed by atoms with van der Waals surface area (Å²) in [4.78, 5) is 10.7. The van der Waals surface area contributed by atoms with Crippen molar-refractivity contribution in [2.24, 2.45) is 0 Å². The van der Waals surface area contributed by atoms with Gasteiger partial charge in [-0.1, -0.05) is 109 Å². The van der Waals surface area contributed by atoms with Gasteiger partial charge >= 0.3 is 6.04 Å². The lowest BCUT2D eigenvalue weighted by atomic mass is 10.0. The molecule has 160 valence electrons. The van der Waals surface area contributed by atoms with E-state index < -0.39 is 6.04 Å². The lowest BCUT2D eigenvalue weighted by Crippen LogP contribution is -1.98. The molecule has 0 spiro atoms. The van der Waals surface area contributed by atoms with Crippen molar-refractivity contribution in [1.29, 1.82) is 0 Å². The van der Waals surface area contributed by atoms with Gasteiger partial charge in [0, 0.05) is 0 Å². The normalized spacial score (nSPS) is 10.9. The number of rotatable bonds is 19. The smallest absolute Gasteiger partial charge is 0.332 e. The standard InChI is InChI=1S/C25H41FO2/c1-2-3-4-5-6-7-8-9-10-11-12-13-14-15-16-17-21-28-24-20-18-19-23(22-24)25(26)27/h18-20,22H,2-17,21H2,1H3. The van der Waals surface area contributed by atoms with Gasteiger partial charge in [0.05, 0.1) is 12.2 Å². The van der Waals surface area contributed by atoms with Crippen LogP contribution in [0.25, 0.3) is 0 Å². The van der Waals surface area contributed by atoms with E-state index in [0.717, 1.165) is 6.42 Å². The molecule has 1 aromatic carbocycles. The highest BCUT2D eigenvalue weighted by Gasteiger charge is 2.04. The Balaban J connectivity index is 1.81. The minimum Gasteiger partial charge on any atom is -0.494 e. The van der Waals surface area contributed by atoms with Crippen LogP contribution in [0.4, 0.5) is 4.39 Å². The van der Waals surface area contributed by atoms with Gasteiger partial charge in [-0.3, -0.25) is 4.79 Å². The van der Waals surface area contributed by atoms with Crippen LogP contribution < -0.4 is 4.74 Å². The molecule has 0 radical (unpaired) electrons. The molecule has 2 nitrogen and oxygen atoms in total. The Hall–Kier alpha value is -1.38. The third-order valence-electron chi connectivity index (χ3n) is 5.33. The summed E-state index contributed by atoms with van der Waals surface area (Å²) in [6.07, 6.45) is 21.6. The highest BCUT2D eigenvalue weighted by molar-refractivity contribution is 5.88. The van der Waals surface area contributed by atoms with Crippen LogP contribution in [0.2, 0.25) is 0 Å². The second-order valence-corrected chi connectivity index (χ2v) is 7.95. The highest BCUT2D eigenvalue weighted by Crippen LogP contribution is 2.16. The Labute approximate surface area is 172 Å². The summed E-state index contributed by atoms with van der Waals surface area (Å²) in [6, 6.07) is 4.93. The van der Waals surface area contributed by atoms with Crippen LogP contribution in [0.5, 0.6) is 5.75 Å². The first-order valence-corrected chi connectivity index (χ1v) is 11.7. The predicted molar refractivity (Wildman–Crippen MR) is 117 cm³/mol. The van der Waals surface area contributed by atoms with Gasteiger partial charge in [0.1, 0.15) is 5.75 Å². The maximum Gasteiger partial charge on any atom is 0.332 e. The van der Waals surface area contributed by atoms with Crippen molar-refractivity contribution < 1.29 is 13.9 Å². The largest absolute Gasteiger partial charge is 0.494 e. The molecule has 0 saturated heterocycles. The molecule has 0 aliphatic heterocycles. The summed E-state index contributed by atoms with van der Waals surface area (Å²) >= 11 is 0. The SMILES string of the molecule is CCCCCCCCCCCCCCCCCCOc1cccc(C(=O)F)c1. The second kappa shape index (κ2) is 17.7. The molecule has 28 heavy (non-hydrogen) atoms. The number of carbonyl (C=O) groups is 1. The fraction of sp³-hybridized carbons (Fsp3) is 0.720. The lowest BCUT2D eigenvalue weighted by molar-refractivity contribution is 0.0835. The molecule has 0 saturated carbocycles. The topological polar surface area (TPSA) is 26.3 Å². The molecule has 0 heterocycles. The maximum absolute atomic E-state index is 12.7. The van der Waals surface area contributed by atoms with Gasteiger partial charge in [0.25, 0.3) is 0 Å². The fourth-order valence-electron chi connectivity index (χ4n) is 3.55. The van der Waals surface area contributed by atoms with Gasteiger partial charge < -0.3 is 4.74 Å². The van der Waals surface area contributed by atoms with Crippen molar-refractivity contribution in [3.63, 3.8) is 0 Å². The van der Waals surface area contributed by atoms with Crippen LogP contribution in [0.1, 0.15) is 120 Å². The Morgan fingerprint density at radius 2 is 1.21 bits per heavy atom. The van der Waals surface area contributed by atoms with Crippen molar-refractivity contribution >= 4 is 6.04 Å². The summed E-state index contributed by atoms with van der Waals surface area (Å²) in [5.41, 5.74) is 0.0597. The first kappa shape index (κ1) is 24.7. The molecule has 3 heteroatoms. The second-order valence-electron chi connectivity index (χ2n) is 7.95. The van der Waals surface area contributed by atoms with Crippen molar-refractivity contribution in [2.75, 3.05) is 6.61 Å². The summed E-state index contributed by atoms with van der Waals surface area (Å²) in [7, 11) is 0. The van der Waals surface area contributed by atoms with E-state index in [-0.39, 0.29) is 5.56 Å². The van der Waals surface area contributed by atoms with E-state index in [4.69, 9.17) is 4.74 Å². The average molecular weight is 393 g/mol. The number of hydrogen-bond donors (Lipinski definition) is 0. The molecule has 0 bridgehead atoms. The zero-order chi connectivity index (χ0) is 20.3. The molecule has 0 unspecified atom stereocenters. The number of ether oxygens (including phenoxy) is 1. The molecule has 0 N–H and O–H groups in total. The van der Waals surface area contributed by atoms with Crippen LogP contribution >= 0.6 is 0 Å². The summed E-state index contributed by atoms with van der Waals surface area (Å²) in [5.74, 6) is 0.574. The van der Waals surface area contributed by atoms with Crippen molar-refractivity contribution in [1.82, 2.24) is 0 Å². The molecule has 0 aliphatic rings. The van der Waals surface area contributed by atoms with Crippen molar-refractivity contribution in [3.8, 4) is 5.75 Å². The van der Waals surface area contributed by atoms with Crippen LogP contribution in [-0.2, 0) is 0 Å². The zero-order valence-corrected chi connectivity index (χ0v) is 18.0. The van der Waals surface area contributed by atoms with Crippen LogP contribution in [0, 0.1) is 0 Å². The van der Waals surface area contributed by atoms with E-state index in [1.165, 1.54) is 108 Å². The molecule has 0 aromatic heterocycles.